The fraction of sp³-hybridized carbons (Fsp3) is 0.562. The van der Waals surface area contributed by atoms with Gasteiger partial charge in [0.1, 0.15) is 6.54 Å². The third kappa shape index (κ3) is 2.53. The minimum absolute atomic E-state index is 0.0310. The lowest BCUT2D eigenvalue weighted by atomic mass is 9.71. The van der Waals surface area contributed by atoms with Gasteiger partial charge in [-0.3, -0.25) is 4.55 Å². The van der Waals surface area contributed by atoms with Gasteiger partial charge in [0.05, 0.1) is 10.3 Å². The smallest absolute Gasteiger partial charge is 0.282 e. The first-order valence-corrected chi connectivity index (χ1v) is 8.62. The highest BCUT2D eigenvalue weighted by molar-refractivity contribution is 7.85. The first-order chi connectivity index (χ1) is 9.40. The van der Waals surface area contributed by atoms with Gasteiger partial charge in [-0.15, -0.1) is 0 Å². The summed E-state index contributed by atoms with van der Waals surface area (Å²) in [5, 5.41) is 0. The molecule has 0 spiro atoms. The van der Waals surface area contributed by atoms with Crippen LogP contribution in [0, 0.1) is 5.41 Å². The number of nitrogens with zero attached hydrogens (tertiary/aromatic N) is 1. The van der Waals surface area contributed by atoms with Gasteiger partial charge < -0.3 is 0 Å². The van der Waals surface area contributed by atoms with Gasteiger partial charge in [-0.1, -0.05) is 20.8 Å². The summed E-state index contributed by atoms with van der Waals surface area (Å²) in [4.78, 5) is -0.0412. The van der Waals surface area contributed by atoms with Crippen LogP contribution in [0.15, 0.2) is 23.1 Å². The molecule has 116 valence electrons. The summed E-state index contributed by atoms with van der Waals surface area (Å²) >= 11 is 0. The molecule has 4 nitrogen and oxygen atoms in total. The van der Waals surface area contributed by atoms with Crippen LogP contribution >= 0.6 is 0 Å². The van der Waals surface area contributed by atoms with E-state index in [0.29, 0.717) is 0 Å². The normalized spacial score (nSPS) is 18.0. The van der Waals surface area contributed by atoms with Gasteiger partial charge in [0.15, 0.2) is 5.71 Å². The second kappa shape index (κ2) is 4.65. The lowest BCUT2D eigenvalue weighted by molar-refractivity contribution is -0.438. The summed E-state index contributed by atoms with van der Waals surface area (Å²) in [6, 6.07) is 4.87. The summed E-state index contributed by atoms with van der Waals surface area (Å²) in [6.07, 6.45) is 0. The van der Waals surface area contributed by atoms with Crippen LogP contribution in [0.2, 0.25) is 0 Å². The Hall–Kier alpha value is -1.20. The summed E-state index contributed by atoms with van der Waals surface area (Å²) in [5.41, 5.74) is 2.94. The summed E-state index contributed by atoms with van der Waals surface area (Å²) in [7, 11) is -4.18. The van der Waals surface area contributed by atoms with Crippen LogP contribution in [-0.2, 0) is 15.5 Å². The van der Waals surface area contributed by atoms with Crippen LogP contribution in [0.3, 0.4) is 0 Å². The molecule has 1 aliphatic heterocycles. The Kier molecular flexibility index (Phi) is 3.58. The van der Waals surface area contributed by atoms with E-state index in [1.54, 1.807) is 12.1 Å². The monoisotopic (exact) mass is 310 g/mol. The highest BCUT2D eigenvalue weighted by atomic mass is 32.2. The molecule has 21 heavy (non-hydrogen) atoms. The number of hydrogen-bond acceptors (Lipinski definition) is 2. The molecule has 0 saturated carbocycles. The highest BCUT2D eigenvalue weighted by Gasteiger charge is 2.50. The van der Waals surface area contributed by atoms with E-state index < -0.39 is 10.1 Å². The topological polar surface area (TPSA) is 57.4 Å². The van der Waals surface area contributed by atoms with Gasteiger partial charge in [-0.05, 0) is 32.9 Å². The molecule has 2 rings (SSSR count). The molecule has 1 aliphatic rings. The van der Waals surface area contributed by atoms with Gasteiger partial charge >= 0.3 is 0 Å². The Bertz CT molecular complexity index is 722. The largest absolute Gasteiger partial charge is 0.294 e. The van der Waals surface area contributed by atoms with Crippen molar-refractivity contribution in [2.24, 2.45) is 5.41 Å². The molecule has 1 N–H and O–H groups in total. The van der Waals surface area contributed by atoms with E-state index in [9.17, 15) is 13.0 Å². The van der Waals surface area contributed by atoms with Crippen molar-refractivity contribution in [2.45, 2.75) is 51.9 Å². The van der Waals surface area contributed by atoms with Crippen molar-refractivity contribution in [2.75, 3.05) is 6.54 Å². The number of hydrogen-bond donors (Lipinski definition) is 1. The van der Waals surface area contributed by atoms with E-state index in [1.807, 2.05) is 0 Å². The highest BCUT2D eigenvalue weighted by Crippen LogP contribution is 2.45. The second-order valence-electron chi connectivity index (χ2n) is 7.12. The van der Waals surface area contributed by atoms with Gasteiger partial charge in [0.25, 0.3) is 10.1 Å². The van der Waals surface area contributed by atoms with Crippen LogP contribution in [0.4, 0.5) is 5.69 Å². The number of fused-ring (bicyclic) bond motifs is 1. The first-order valence-electron chi connectivity index (χ1n) is 7.18. The van der Waals surface area contributed by atoms with Crippen molar-refractivity contribution in [1.29, 1.82) is 0 Å². The molecule has 0 aliphatic carbocycles. The Morgan fingerprint density at radius 1 is 1.24 bits per heavy atom. The van der Waals surface area contributed by atoms with Crippen LogP contribution in [-0.4, -0.2) is 29.8 Å². The van der Waals surface area contributed by atoms with Crippen molar-refractivity contribution in [3.8, 4) is 0 Å². The Labute approximate surface area is 127 Å². The zero-order chi connectivity index (χ0) is 16.2. The zero-order valence-electron chi connectivity index (χ0n) is 13.6. The molecule has 0 fully saturated rings. The molecule has 1 heterocycles. The van der Waals surface area contributed by atoms with Crippen LogP contribution in [0.1, 0.15) is 47.1 Å². The molecule has 0 radical (unpaired) electrons. The van der Waals surface area contributed by atoms with E-state index in [2.05, 4.69) is 46.1 Å². The minimum atomic E-state index is -4.18. The summed E-state index contributed by atoms with van der Waals surface area (Å²) < 4.78 is 34.4. The van der Waals surface area contributed by atoms with E-state index in [4.69, 9.17) is 0 Å². The van der Waals surface area contributed by atoms with E-state index in [1.165, 1.54) is 11.8 Å². The maximum absolute atomic E-state index is 11.4. The van der Waals surface area contributed by atoms with Gasteiger partial charge in [-0.2, -0.15) is 13.0 Å². The molecule has 0 atom stereocenters. The zero-order valence-corrected chi connectivity index (χ0v) is 14.4. The average Bonchev–Trinajstić information content (AvgIpc) is 2.55. The third-order valence-electron chi connectivity index (χ3n) is 4.12. The van der Waals surface area contributed by atoms with Gasteiger partial charge in [0.2, 0.25) is 5.69 Å². The Balaban J connectivity index is 2.77. The maximum atomic E-state index is 11.4. The van der Waals surface area contributed by atoms with Crippen molar-refractivity contribution in [3.63, 3.8) is 0 Å². The molecule has 5 heteroatoms. The van der Waals surface area contributed by atoms with Crippen molar-refractivity contribution in [3.05, 3.63) is 23.8 Å². The summed E-state index contributed by atoms with van der Waals surface area (Å²) in [6.45, 7) is 13.6. The summed E-state index contributed by atoms with van der Waals surface area (Å²) in [5.74, 6) is 0. The van der Waals surface area contributed by atoms with E-state index >= 15 is 0 Å². The molecular formula is C16H24NO3S+. The van der Waals surface area contributed by atoms with Crippen LogP contribution in [0.25, 0.3) is 0 Å². The third-order valence-corrected chi connectivity index (χ3v) is 4.97. The molecule has 0 amide bonds. The molecule has 0 aromatic heterocycles. The quantitative estimate of drug-likeness (QED) is 0.673. The average molecular weight is 310 g/mol. The minimum Gasteiger partial charge on any atom is -0.282 e. The Morgan fingerprint density at radius 2 is 1.81 bits per heavy atom. The van der Waals surface area contributed by atoms with Crippen LogP contribution < -0.4 is 0 Å². The maximum Gasteiger partial charge on any atom is 0.294 e. The fourth-order valence-corrected chi connectivity index (χ4v) is 4.17. The Morgan fingerprint density at radius 3 is 2.24 bits per heavy atom. The second-order valence-corrected chi connectivity index (χ2v) is 8.54. The molecule has 1 aromatic rings. The predicted octanol–water partition coefficient (Wildman–Crippen LogP) is 3.38. The molecule has 0 bridgehead atoms. The molecular weight excluding hydrogens is 286 g/mol. The first kappa shape index (κ1) is 16.2. The SMILES string of the molecule is CC[N+]1=C(C(C)(C)C)C(C)(C)c2cc(S(=O)(=O)O)ccc21. The van der Waals surface area contributed by atoms with Crippen LogP contribution in [0.5, 0.6) is 0 Å². The van der Waals surface area contributed by atoms with Crippen molar-refractivity contribution >= 4 is 21.5 Å². The molecule has 1 aromatic carbocycles. The van der Waals surface area contributed by atoms with Gasteiger partial charge in [0, 0.05) is 17.0 Å². The van der Waals surface area contributed by atoms with E-state index in [0.717, 1.165) is 17.8 Å². The standard InChI is InChI=1S/C16H23NO3S/c1-7-17-13-9-8-11(21(18,19)20)10-12(13)16(5,6)14(17)15(2,3)4/h8-10H,7H2,1-6H3/p+1. The predicted molar refractivity (Wildman–Crippen MR) is 84.2 cm³/mol. The molecule has 0 saturated heterocycles. The van der Waals surface area contributed by atoms with Crippen molar-refractivity contribution < 1.29 is 17.5 Å². The fourth-order valence-electron chi connectivity index (χ4n) is 3.67. The molecule has 0 unspecified atom stereocenters. The number of rotatable bonds is 2. The van der Waals surface area contributed by atoms with Gasteiger partial charge in [-0.25, -0.2) is 0 Å². The lowest BCUT2D eigenvalue weighted by Gasteiger charge is -2.27. The van der Waals surface area contributed by atoms with Crippen molar-refractivity contribution in [1.82, 2.24) is 0 Å². The lowest BCUT2D eigenvalue weighted by Crippen LogP contribution is -2.39. The number of benzene rings is 1. The van der Waals surface area contributed by atoms with E-state index in [-0.39, 0.29) is 15.7 Å².